The zero-order chi connectivity index (χ0) is 19.1. The molecule has 2 heterocycles. The minimum Gasteiger partial charge on any atom is -0.382 e. The van der Waals surface area contributed by atoms with Crippen LogP contribution in [0.25, 0.3) is 0 Å². The third-order valence-corrected chi connectivity index (χ3v) is 5.81. The van der Waals surface area contributed by atoms with E-state index in [4.69, 9.17) is 4.74 Å². The van der Waals surface area contributed by atoms with Crippen LogP contribution in [-0.2, 0) is 4.74 Å². The average molecular weight is 375 g/mol. The topological polar surface area (TPSA) is 15.7 Å². The summed E-state index contributed by atoms with van der Waals surface area (Å²) in [5.74, 6) is 0. The fraction of sp³-hybridized carbons (Fsp3) is 1.00. The van der Waals surface area contributed by atoms with Crippen molar-refractivity contribution in [1.82, 2.24) is 9.21 Å². The number of hydrogen-bond acceptors (Lipinski definition) is 4. The van der Waals surface area contributed by atoms with Crippen molar-refractivity contribution >= 4 is 11.9 Å². The first-order valence-corrected chi connectivity index (χ1v) is 11.7. The summed E-state index contributed by atoms with van der Waals surface area (Å²) in [7, 11) is 0. The van der Waals surface area contributed by atoms with E-state index < -0.39 is 0 Å². The van der Waals surface area contributed by atoms with E-state index in [1.54, 1.807) is 0 Å². The molecule has 0 amide bonds. The van der Waals surface area contributed by atoms with Crippen LogP contribution in [0.5, 0.6) is 0 Å². The zero-order valence-corrected chi connectivity index (χ0v) is 19.1. The number of rotatable bonds is 9. The Morgan fingerprint density at radius 2 is 1.56 bits per heavy atom. The Morgan fingerprint density at radius 3 is 2.08 bits per heavy atom. The van der Waals surface area contributed by atoms with Crippen LogP contribution in [0.2, 0.25) is 0 Å². The van der Waals surface area contributed by atoms with Gasteiger partial charge in [-0.1, -0.05) is 53.5 Å². The Morgan fingerprint density at radius 1 is 0.960 bits per heavy atom. The molecule has 3 nitrogen and oxygen atoms in total. The summed E-state index contributed by atoms with van der Waals surface area (Å²) >= 11 is 2.04. The Kier molecular flexibility index (Phi) is 15.4. The SMILES string of the molecule is CC.CC.CCOCCCCCN1CC2(CCN(SC(C)C)CC2)C1. The molecule has 0 aromatic carbocycles. The molecule has 0 saturated carbocycles. The van der Waals surface area contributed by atoms with E-state index in [-0.39, 0.29) is 0 Å². The third kappa shape index (κ3) is 10.2. The van der Waals surface area contributed by atoms with Crippen molar-refractivity contribution in [2.24, 2.45) is 5.41 Å². The van der Waals surface area contributed by atoms with E-state index in [9.17, 15) is 0 Å². The normalized spacial score (nSPS) is 19.7. The number of unbranched alkanes of at least 4 members (excludes halogenated alkanes) is 2. The number of nitrogens with zero attached hydrogens (tertiary/aromatic N) is 2. The van der Waals surface area contributed by atoms with Gasteiger partial charge in [0.25, 0.3) is 0 Å². The Labute approximate surface area is 163 Å². The molecule has 2 aliphatic rings. The zero-order valence-electron chi connectivity index (χ0n) is 18.3. The van der Waals surface area contributed by atoms with Gasteiger partial charge < -0.3 is 9.64 Å². The van der Waals surface area contributed by atoms with Crippen LogP contribution in [-0.4, -0.2) is 60.4 Å². The lowest BCUT2D eigenvalue weighted by Gasteiger charge is -2.54. The summed E-state index contributed by atoms with van der Waals surface area (Å²) in [6.07, 6.45) is 6.72. The van der Waals surface area contributed by atoms with Crippen LogP contribution < -0.4 is 0 Å². The number of piperidine rings is 1. The van der Waals surface area contributed by atoms with Gasteiger partial charge in [-0.25, -0.2) is 0 Å². The van der Waals surface area contributed by atoms with Gasteiger partial charge in [-0.2, -0.15) is 0 Å². The fourth-order valence-corrected chi connectivity index (χ4v) is 4.59. The van der Waals surface area contributed by atoms with Crippen LogP contribution in [0.15, 0.2) is 0 Å². The van der Waals surface area contributed by atoms with Gasteiger partial charge in [-0.05, 0) is 51.0 Å². The lowest BCUT2D eigenvalue weighted by molar-refractivity contribution is -0.0338. The Balaban J connectivity index is 0.00000134. The maximum absolute atomic E-state index is 5.39. The van der Waals surface area contributed by atoms with Gasteiger partial charge in [-0.15, -0.1) is 0 Å². The van der Waals surface area contributed by atoms with Crippen LogP contribution >= 0.6 is 11.9 Å². The van der Waals surface area contributed by atoms with Crippen molar-refractivity contribution in [3.63, 3.8) is 0 Å². The molecule has 1 spiro atoms. The smallest absolute Gasteiger partial charge is 0.0465 e. The van der Waals surface area contributed by atoms with E-state index in [2.05, 4.69) is 30.0 Å². The van der Waals surface area contributed by atoms with Crippen molar-refractivity contribution in [3.05, 3.63) is 0 Å². The Bertz CT molecular complexity index is 284. The highest BCUT2D eigenvalue weighted by atomic mass is 32.2. The Hall–Kier alpha value is 0.230. The van der Waals surface area contributed by atoms with Crippen LogP contribution in [0.4, 0.5) is 0 Å². The number of likely N-dealkylation sites (tertiary alicyclic amines) is 1. The molecule has 0 aromatic rings. The molecular weight excluding hydrogens is 328 g/mol. The standard InChI is InChI=1S/C17H34N2OS.2C2H6/c1-4-20-13-7-5-6-10-18-14-17(15-18)8-11-19(12-9-17)21-16(2)3;2*1-2/h16H,4-15H2,1-3H3;2*1-2H3. The molecule has 0 aromatic heterocycles. The van der Waals surface area contributed by atoms with Crippen molar-refractivity contribution in [3.8, 4) is 0 Å². The molecule has 0 radical (unpaired) electrons. The summed E-state index contributed by atoms with van der Waals surface area (Å²) < 4.78 is 7.98. The van der Waals surface area contributed by atoms with Gasteiger partial charge in [0, 0.05) is 44.6 Å². The minimum atomic E-state index is 0.680. The molecule has 0 bridgehead atoms. The van der Waals surface area contributed by atoms with Gasteiger partial charge >= 0.3 is 0 Å². The van der Waals surface area contributed by atoms with Crippen LogP contribution in [0, 0.1) is 5.41 Å². The molecule has 2 fully saturated rings. The second kappa shape index (κ2) is 15.3. The quantitative estimate of drug-likeness (QED) is 0.380. The molecule has 0 aliphatic carbocycles. The van der Waals surface area contributed by atoms with Gasteiger partial charge in [0.1, 0.15) is 0 Å². The van der Waals surface area contributed by atoms with Crippen LogP contribution in [0.1, 0.15) is 80.6 Å². The van der Waals surface area contributed by atoms with Crippen molar-refractivity contribution in [2.45, 2.75) is 85.8 Å². The molecule has 0 unspecified atom stereocenters. The summed E-state index contributed by atoms with van der Waals surface area (Å²) in [6, 6.07) is 0. The maximum atomic E-state index is 5.39. The highest BCUT2D eigenvalue weighted by Gasteiger charge is 2.44. The molecule has 0 N–H and O–H groups in total. The van der Waals surface area contributed by atoms with Gasteiger partial charge in [0.2, 0.25) is 0 Å². The van der Waals surface area contributed by atoms with Gasteiger partial charge in [-0.3, -0.25) is 4.31 Å². The molecule has 25 heavy (non-hydrogen) atoms. The molecule has 0 atom stereocenters. The first kappa shape index (κ1) is 25.2. The average Bonchev–Trinajstić information content (AvgIpc) is 2.61. The summed E-state index contributed by atoms with van der Waals surface area (Å²) in [6.45, 7) is 23.1. The number of ether oxygens (including phenoxy) is 1. The summed E-state index contributed by atoms with van der Waals surface area (Å²) in [5, 5.41) is 0.730. The highest BCUT2D eigenvalue weighted by molar-refractivity contribution is 7.97. The molecule has 2 aliphatic heterocycles. The first-order valence-electron chi connectivity index (χ1n) is 10.9. The monoisotopic (exact) mass is 374 g/mol. The highest BCUT2D eigenvalue weighted by Crippen LogP contribution is 2.42. The first-order chi connectivity index (χ1) is 12.1. The van der Waals surface area contributed by atoms with Crippen molar-refractivity contribution in [1.29, 1.82) is 0 Å². The van der Waals surface area contributed by atoms with Crippen molar-refractivity contribution in [2.75, 3.05) is 45.9 Å². The predicted molar refractivity (Wildman–Crippen MR) is 115 cm³/mol. The second-order valence-electron chi connectivity index (χ2n) is 7.05. The lowest BCUT2D eigenvalue weighted by Crippen LogP contribution is -2.59. The summed E-state index contributed by atoms with van der Waals surface area (Å²) in [5.41, 5.74) is 0.680. The van der Waals surface area contributed by atoms with E-state index in [1.165, 1.54) is 64.8 Å². The van der Waals surface area contributed by atoms with E-state index >= 15 is 0 Å². The van der Waals surface area contributed by atoms with Crippen molar-refractivity contribution < 1.29 is 4.74 Å². The lowest BCUT2D eigenvalue weighted by atomic mass is 9.72. The molecular formula is C21H46N2OS. The van der Waals surface area contributed by atoms with Crippen LogP contribution in [0.3, 0.4) is 0 Å². The maximum Gasteiger partial charge on any atom is 0.0465 e. The molecule has 2 rings (SSSR count). The molecule has 2 saturated heterocycles. The fourth-order valence-electron chi connectivity index (χ4n) is 3.60. The molecule has 152 valence electrons. The molecule has 4 heteroatoms. The summed E-state index contributed by atoms with van der Waals surface area (Å²) in [4.78, 5) is 2.67. The largest absolute Gasteiger partial charge is 0.382 e. The van der Waals surface area contributed by atoms with E-state index in [1.807, 2.05) is 39.6 Å². The second-order valence-corrected chi connectivity index (χ2v) is 8.72. The van der Waals surface area contributed by atoms with E-state index in [0.29, 0.717) is 5.41 Å². The predicted octanol–water partition coefficient (Wildman–Crippen LogP) is 5.70. The third-order valence-electron chi connectivity index (χ3n) is 4.73. The van der Waals surface area contributed by atoms with Gasteiger partial charge in [0.15, 0.2) is 0 Å². The van der Waals surface area contributed by atoms with E-state index in [0.717, 1.165) is 18.5 Å². The number of hydrogen-bond donors (Lipinski definition) is 0. The van der Waals surface area contributed by atoms with Gasteiger partial charge in [0.05, 0.1) is 0 Å². The minimum absolute atomic E-state index is 0.680.